The summed E-state index contributed by atoms with van der Waals surface area (Å²) < 4.78 is 58.1. The molecule has 55 heavy (non-hydrogen) atoms. The SMILES string of the molecule is CC1CC1C1(C(=O)NCc2cc(F)cc(C(F)(F)F)c2)CCC(N2CC[C@@]3(C=Cc4ccccc43)[C@@H](C)C2)C1.COC(=O)C1(C2CC2C(=O)O)CCC(=O)C1. The van der Waals surface area contributed by atoms with Gasteiger partial charge in [0.15, 0.2) is 0 Å². The molecule has 2 N–H and O–H groups in total. The number of piperidine rings is 1. The van der Waals surface area contributed by atoms with Crippen LogP contribution in [0.1, 0.15) is 93.9 Å². The number of fused-ring (bicyclic) bond motifs is 2. The Morgan fingerprint density at radius 3 is 2.38 bits per heavy atom. The Bertz CT molecular complexity index is 1900. The van der Waals surface area contributed by atoms with Crippen LogP contribution in [-0.4, -0.2) is 59.9 Å². The minimum atomic E-state index is -4.63. The third-order valence-electron chi connectivity index (χ3n) is 14.0. The fourth-order valence-electron chi connectivity index (χ4n) is 10.8. The number of carbonyl (C=O) groups is 4. The summed E-state index contributed by atoms with van der Waals surface area (Å²) in [5.74, 6) is -1.81. The Kier molecular flexibility index (Phi) is 10.3. The zero-order valence-corrected chi connectivity index (χ0v) is 31.6. The van der Waals surface area contributed by atoms with Crippen molar-refractivity contribution < 1.29 is 46.6 Å². The van der Waals surface area contributed by atoms with Crippen LogP contribution in [0, 0.1) is 46.2 Å². The van der Waals surface area contributed by atoms with Crippen LogP contribution in [0.25, 0.3) is 6.08 Å². The molecule has 5 fully saturated rings. The molecule has 1 aliphatic heterocycles. The lowest BCUT2D eigenvalue weighted by molar-refractivity contribution is -0.155. The zero-order chi connectivity index (χ0) is 39.5. The molecule has 2 aromatic rings. The molecule has 12 heteroatoms. The van der Waals surface area contributed by atoms with Gasteiger partial charge in [-0.3, -0.25) is 24.1 Å². The van der Waals surface area contributed by atoms with Crippen LogP contribution < -0.4 is 5.32 Å². The van der Waals surface area contributed by atoms with Crippen molar-refractivity contribution in [1.29, 1.82) is 0 Å². The Morgan fingerprint density at radius 1 is 1.02 bits per heavy atom. The Labute approximate surface area is 319 Å². The maximum atomic E-state index is 13.9. The van der Waals surface area contributed by atoms with Gasteiger partial charge in [-0.05, 0) is 110 Å². The van der Waals surface area contributed by atoms with E-state index in [4.69, 9.17) is 9.84 Å². The van der Waals surface area contributed by atoms with Crippen molar-refractivity contribution in [3.63, 3.8) is 0 Å². The standard InChI is InChI=1S/C32H36F4N2O.C11H14O5/c1-20-13-28(20)31(29(39)37-18-22-14-24(32(34,35)36)16-25(33)15-22)10-8-26(17-31)38-12-11-30(21(2)19-38)9-7-23-5-3-4-6-27(23)30;1-16-10(15)11(3-2-6(12)5-11)8-4-7(8)9(13)14/h3-7,9,14-16,20-21,26,28H,8,10-13,17-19H2,1-2H3,(H,37,39);7-8H,2-5H2,1H3,(H,13,14)/t20?,21-,26?,28?,30-,31?;/m0./s1. The maximum Gasteiger partial charge on any atom is 0.416 e. The molecule has 0 bridgehead atoms. The van der Waals surface area contributed by atoms with Gasteiger partial charge in [-0.1, -0.05) is 50.3 Å². The third-order valence-corrected chi connectivity index (χ3v) is 14.0. The van der Waals surface area contributed by atoms with E-state index in [9.17, 15) is 36.7 Å². The van der Waals surface area contributed by atoms with Crippen molar-refractivity contribution in [2.75, 3.05) is 20.2 Å². The van der Waals surface area contributed by atoms with E-state index in [0.29, 0.717) is 49.1 Å². The lowest BCUT2D eigenvalue weighted by atomic mass is 9.67. The van der Waals surface area contributed by atoms with Crippen molar-refractivity contribution in [3.8, 4) is 0 Å². The number of nitrogens with zero attached hydrogens (tertiary/aromatic N) is 1. The van der Waals surface area contributed by atoms with Crippen LogP contribution in [0.5, 0.6) is 0 Å². The number of hydrogen-bond acceptors (Lipinski definition) is 6. The van der Waals surface area contributed by atoms with Gasteiger partial charge in [-0.2, -0.15) is 13.2 Å². The molecular formula is C43H50F4N2O6. The molecule has 296 valence electrons. The third kappa shape index (κ3) is 7.24. The number of aliphatic carboxylic acids is 1. The summed E-state index contributed by atoms with van der Waals surface area (Å²) in [6.07, 6.45) is 6.01. The van der Waals surface area contributed by atoms with E-state index >= 15 is 0 Å². The second kappa shape index (κ2) is 14.5. The molecule has 7 unspecified atom stereocenters. The fraction of sp³-hybridized carbons (Fsp3) is 0.581. The number of esters is 1. The summed E-state index contributed by atoms with van der Waals surface area (Å²) in [5, 5.41) is 11.8. The predicted octanol–water partition coefficient (Wildman–Crippen LogP) is 7.58. The summed E-state index contributed by atoms with van der Waals surface area (Å²) in [6.45, 7) is 6.36. The van der Waals surface area contributed by atoms with E-state index in [1.165, 1.54) is 18.2 Å². The maximum absolute atomic E-state index is 13.9. The van der Waals surface area contributed by atoms with Gasteiger partial charge in [0.05, 0.1) is 29.4 Å². The zero-order valence-electron chi connectivity index (χ0n) is 31.6. The Balaban J connectivity index is 0.000000243. The summed E-state index contributed by atoms with van der Waals surface area (Å²) in [4.78, 5) is 50.2. The van der Waals surface area contributed by atoms with Gasteiger partial charge in [0.1, 0.15) is 11.6 Å². The number of benzene rings is 2. The fourth-order valence-corrected chi connectivity index (χ4v) is 10.8. The number of ether oxygens (including phenoxy) is 1. The number of halogens is 4. The molecule has 1 spiro atoms. The van der Waals surface area contributed by atoms with Crippen LogP contribution in [-0.2, 0) is 42.1 Å². The number of carboxylic acid groups (broad SMARTS) is 1. The first-order valence-corrected chi connectivity index (χ1v) is 19.5. The number of carbonyl (C=O) groups excluding carboxylic acids is 3. The van der Waals surface area contributed by atoms with Crippen LogP contribution in [0.2, 0.25) is 0 Å². The number of Topliss-reactive ketones (excluding diaryl/α,β-unsaturated/α-hetero) is 1. The molecule has 6 aliphatic rings. The van der Waals surface area contributed by atoms with Gasteiger partial charge < -0.3 is 15.2 Å². The first-order chi connectivity index (χ1) is 26.0. The van der Waals surface area contributed by atoms with Crippen LogP contribution in [0.3, 0.4) is 0 Å². The average molecular weight is 767 g/mol. The summed E-state index contributed by atoms with van der Waals surface area (Å²) in [7, 11) is 1.28. The van der Waals surface area contributed by atoms with Crippen LogP contribution in [0.15, 0.2) is 48.5 Å². The molecule has 0 radical (unpaired) electrons. The molecule has 1 saturated heterocycles. The molecule has 0 aromatic heterocycles. The Morgan fingerprint density at radius 2 is 1.76 bits per heavy atom. The minimum absolute atomic E-state index is 0.0291. The highest BCUT2D eigenvalue weighted by atomic mass is 19.4. The lowest BCUT2D eigenvalue weighted by Crippen LogP contribution is -2.51. The lowest BCUT2D eigenvalue weighted by Gasteiger charge is -2.46. The number of amides is 1. The molecule has 9 atom stereocenters. The summed E-state index contributed by atoms with van der Waals surface area (Å²) >= 11 is 0. The van der Waals surface area contributed by atoms with Gasteiger partial charge in [0, 0.05) is 37.4 Å². The predicted molar refractivity (Wildman–Crippen MR) is 196 cm³/mol. The van der Waals surface area contributed by atoms with E-state index in [-0.39, 0.29) is 41.6 Å². The van der Waals surface area contributed by atoms with Crippen molar-refractivity contribution in [3.05, 3.63) is 76.6 Å². The smallest absolute Gasteiger partial charge is 0.416 e. The minimum Gasteiger partial charge on any atom is -0.481 e. The van der Waals surface area contributed by atoms with Gasteiger partial charge in [-0.25, -0.2) is 4.39 Å². The van der Waals surface area contributed by atoms with Crippen molar-refractivity contribution in [2.24, 2.45) is 40.4 Å². The number of methoxy groups -OCH3 is 1. The number of ketones is 1. The largest absolute Gasteiger partial charge is 0.481 e. The number of nitrogens with one attached hydrogen (secondary N) is 1. The molecule has 2 aromatic carbocycles. The highest BCUT2D eigenvalue weighted by Crippen LogP contribution is 2.60. The van der Waals surface area contributed by atoms with Gasteiger partial charge >= 0.3 is 18.1 Å². The van der Waals surface area contributed by atoms with Crippen LogP contribution in [0.4, 0.5) is 17.6 Å². The van der Waals surface area contributed by atoms with Crippen LogP contribution >= 0.6 is 0 Å². The van der Waals surface area contributed by atoms with E-state index in [1.54, 1.807) is 0 Å². The highest BCUT2D eigenvalue weighted by molar-refractivity contribution is 5.92. The summed E-state index contributed by atoms with van der Waals surface area (Å²) in [5.41, 5.74) is 0.551. The van der Waals surface area contributed by atoms with Crippen molar-refractivity contribution in [2.45, 2.75) is 95.8 Å². The first-order valence-electron chi connectivity index (χ1n) is 19.5. The topological polar surface area (TPSA) is 113 Å². The number of carboxylic acids is 1. The molecule has 8 nitrogen and oxygen atoms in total. The Hall–Kier alpha value is -4.06. The summed E-state index contributed by atoms with van der Waals surface area (Å²) in [6, 6.07) is 11.5. The molecule has 8 rings (SSSR count). The number of likely N-dealkylation sites (tertiary alicyclic amines) is 1. The second-order valence-electron chi connectivity index (χ2n) is 17.2. The number of allylic oxidation sites excluding steroid dienone is 1. The molecular weight excluding hydrogens is 716 g/mol. The quantitative estimate of drug-likeness (QED) is 0.211. The van der Waals surface area contributed by atoms with E-state index in [2.05, 4.69) is 60.5 Å². The highest BCUT2D eigenvalue weighted by Gasteiger charge is 2.63. The second-order valence-corrected chi connectivity index (χ2v) is 17.2. The van der Waals surface area contributed by atoms with E-state index < -0.39 is 46.2 Å². The van der Waals surface area contributed by atoms with Crippen molar-refractivity contribution >= 4 is 29.7 Å². The molecule has 1 amide bonds. The molecule has 1 heterocycles. The molecule has 5 aliphatic carbocycles. The molecule has 4 saturated carbocycles. The van der Waals surface area contributed by atoms with E-state index in [1.807, 2.05) is 0 Å². The number of rotatable bonds is 8. The average Bonchev–Trinajstić information content (AvgIpc) is 3.96. The first kappa shape index (κ1) is 39.2. The number of alkyl halides is 3. The van der Waals surface area contributed by atoms with E-state index in [0.717, 1.165) is 57.3 Å². The van der Waals surface area contributed by atoms with Gasteiger partial charge in [0.25, 0.3) is 0 Å². The monoisotopic (exact) mass is 766 g/mol. The van der Waals surface area contributed by atoms with Gasteiger partial charge in [-0.15, -0.1) is 0 Å². The normalized spacial score (nSPS) is 34.9. The van der Waals surface area contributed by atoms with Gasteiger partial charge in [0.2, 0.25) is 5.91 Å². The number of hydrogen-bond donors (Lipinski definition) is 2. The van der Waals surface area contributed by atoms with Crippen molar-refractivity contribution in [1.82, 2.24) is 10.2 Å².